The maximum atomic E-state index is 4.72. The topological polar surface area (TPSA) is 25.8 Å². The van der Waals surface area contributed by atoms with E-state index in [9.17, 15) is 0 Å². The summed E-state index contributed by atoms with van der Waals surface area (Å²) in [6.45, 7) is 4.29. The number of halogens is 1. The second-order valence-corrected chi connectivity index (χ2v) is 5.78. The Labute approximate surface area is 106 Å². The minimum Gasteiger partial charge on any atom is -0.237 e. The first-order valence-electron chi connectivity index (χ1n) is 6.21. The Bertz CT molecular complexity index is 357. The summed E-state index contributed by atoms with van der Waals surface area (Å²) in [7, 11) is 0. The fourth-order valence-electron chi connectivity index (χ4n) is 2.32. The largest absolute Gasteiger partial charge is 0.237 e. The Hall–Kier alpha value is -0.440. The highest BCUT2D eigenvalue weighted by atomic mass is 79.9. The van der Waals surface area contributed by atoms with Gasteiger partial charge in [-0.05, 0) is 34.8 Å². The van der Waals surface area contributed by atoms with Crippen molar-refractivity contribution >= 4 is 15.9 Å². The second-order valence-electron chi connectivity index (χ2n) is 4.96. The molecular weight excluding hydrogens is 264 g/mol. The van der Waals surface area contributed by atoms with Crippen molar-refractivity contribution in [2.45, 2.75) is 57.8 Å². The van der Waals surface area contributed by atoms with Crippen molar-refractivity contribution in [1.29, 1.82) is 0 Å². The van der Waals surface area contributed by atoms with Gasteiger partial charge < -0.3 is 0 Å². The molecule has 0 saturated heterocycles. The van der Waals surface area contributed by atoms with Gasteiger partial charge >= 0.3 is 0 Å². The van der Waals surface area contributed by atoms with Crippen molar-refractivity contribution in [2.75, 3.05) is 0 Å². The number of aromatic nitrogens is 2. The molecule has 1 heterocycles. The van der Waals surface area contributed by atoms with Gasteiger partial charge in [0.25, 0.3) is 0 Å². The van der Waals surface area contributed by atoms with Crippen LogP contribution < -0.4 is 0 Å². The lowest BCUT2D eigenvalue weighted by atomic mass is 9.87. The monoisotopic (exact) mass is 282 g/mol. The van der Waals surface area contributed by atoms with Gasteiger partial charge in [-0.2, -0.15) is 0 Å². The molecule has 1 saturated carbocycles. The summed E-state index contributed by atoms with van der Waals surface area (Å²) in [6.07, 6.45) is 6.67. The van der Waals surface area contributed by atoms with Crippen LogP contribution in [0.2, 0.25) is 0 Å². The van der Waals surface area contributed by atoms with Crippen molar-refractivity contribution < 1.29 is 0 Å². The number of hydrogen-bond donors (Lipinski definition) is 0. The van der Waals surface area contributed by atoms with E-state index in [1.165, 1.54) is 37.8 Å². The molecule has 16 heavy (non-hydrogen) atoms. The molecule has 0 N–H and O–H groups in total. The van der Waals surface area contributed by atoms with Crippen molar-refractivity contribution in [1.82, 2.24) is 9.97 Å². The van der Waals surface area contributed by atoms with E-state index < -0.39 is 0 Å². The summed E-state index contributed by atoms with van der Waals surface area (Å²) in [4.78, 5) is 9.15. The molecule has 2 nitrogen and oxygen atoms in total. The molecule has 0 unspecified atom stereocenters. The van der Waals surface area contributed by atoms with Gasteiger partial charge in [-0.1, -0.05) is 33.1 Å². The van der Waals surface area contributed by atoms with Crippen molar-refractivity contribution in [2.24, 2.45) is 0 Å². The SMILES string of the molecule is CC(C)c1nc(Br)cc(C2CCCCC2)n1. The molecule has 1 fully saturated rings. The average Bonchev–Trinajstić information content (AvgIpc) is 2.29. The van der Waals surface area contributed by atoms with Gasteiger partial charge in [-0.25, -0.2) is 9.97 Å². The smallest absolute Gasteiger partial charge is 0.132 e. The summed E-state index contributed by atoms with van der Waals surface area (Å²) in [5, 5.41) is 0. The van der Waals surface area contributed by atoms with Gasteiger partial charge in [0.2, 0.25) is 0 Å². The van der Waals surface area contributed by atoms with Gasteiger partial charge in [-0.15, -0.1) is 0 Å². The molecule has 1 aromatic rings. The molecule has 1 aromatic heterocycles. The van der Waals surface area contributed by atoms with Gasteiger partial charge in [-0.3, -0.25) is 0 Å². The van der Waals surface area contributed by atoms with Crippen molar-refractivity contribution in [3.63, 3.8) is 0 Å². The Morgan fingerprint density at radius 3 is 2.50 bits per heavy atom. The lowest BCUT2D eigenvalue weighted by molar-refractivity contribution is 0.434. The van der Waals surface area contributed by atoms with Crippen LogP contribution in [0, 0.1) is 0 Å². The van der Waals surface area contributed by atoms with Crippen molar-refractivity contribution in [3.8, 4) is 0 Å². The van der Waals surface area contributed by atoms with Gasteiger partial charge in [0, 0.05) is 17.5 Å². The van der Waals surface area contributed by atoms with Crippen LogP contribution in [-0.2, 0) is 0 Å². The molecular formula is C13H19BrN2. The van der Waals surface area contributed by atoms with Crippen molar-refractivity contribution in [3.05, 3.63) is 22.2 Å². The highest BCUT2D eigenvalue weighted by molar-refractivity contribution is 9.10. The maximum Gasteiger partial charge on any atom is 0.132 e. The molecule has 0 aromatic carbocycles. The van der Waals surface area contributed by atoms with Crippen LogP contribution in [-0.4, -0.2) is 9.97 Å². The molecule has 1 aliphatic rings. The minimum atomic E-state index is 0.403. The lowest BCUT2D eigenvalue weighted by Crippen LogP contribution is -2.09. The quantitative estimate of drug-likeness (QED) is 0.751. The van der Waals surface area contributed by atoms with Crippen LogP contribution in [0.15, 0.2) is 10.7 Å². The van der Waals surface area contributed by atoms with Crippen LogP contribution in [0.3, 0.4) is 0 Å². The average molecular weight is 283 g/mol. The van der Waals surface area contributed by atoms with E-state index in [0.717, 1.165) is 10.4 Å². The lowest BCUT2D eigenvalue weighted by Gasteiger charge is -2.21. The number of hydrogen-bond acceptors (Lipinski definition) is 2. The fourth-order valence-corrected chi connectivity index (χ4v) is 2.74. The summed E-state index contributed by atoms with van der Waals surface area (Å²) in [6, 6.07) is 2.10. The fraction of sp³-hybridized carbons (Fsp3) is 0.692. The van der Waals surface area contributed by atoms with E-state index in [4.69, 9.17) is 4.98 Å². The van der Waals surface area contributed by atoms with E-state index in [-0.39, 0.29) is 0 Å². The standard InChI is InChI=1S/C13H19BrN2/c1-9(2)13-15-11(8-12(14)16-13)10-6-4-3-5-7-10/h8-10H,3-7H2,1-2H3. The molecule has 0 atom stereocenters. The Morgan fingerprint density at radius 2 is 1.88 bits per heavy atom. The summed E-state index contributed by atoms with van der Waals surface area (Å²) in [5.41, 5.74) is 1.24. The molecule has 0 aliphatic heterocycles. The van der Waals surface area contributed by atoms with Crippen LogP contribution >= 0.6 is 15.9 Å². The zero-order chi connectivity index (χ0) is 11.5. The molecule has 2 rings (SSSR count). The third-order valence-corrected chi connectivity index (χ3v) is 3.68. The highest BCUT2D eigenvalue weighted by Crippen LogP contribution is 2.32. The number of nitrogens with zero attached hydrogens (tertiary/aromatic N) is 2. The van der Waals surface area contributed by atoms with Gasteiger partial charge in [0.15, 0.2) is 0 Å². The van der Waals surface area contributed by atoms with E-state index in [1.54, 1.807) is 0 Å². The van der Waals surface area contributed by atoms with E-state index in [2.05, 4.69) is 40.8 Å². The minimum absolute atomic E-state index is 0.403. The van der Waals surface area contributed by atoms with Gasteiger partial charge in [0.1, 0.15) is 10.4 Å². The zero-order valence-electron chi connectivity index (χ0n) is 10.0. The third-order valence-electron chi connectivity index (χ3n) is 3.27. The van der Waals surface area contributed by atoms with Crippen LogP contribution in [0.4, 0.5) is 0 Å². The summed E-state index contributed by atoms with van der Waals surface area (Å²) >= 11 is 3.50. The molecule has 0 spiro atoms. The predicted molar refractivity (Wildman–Crippen MR) is 69.6 cm³/mol. The molecule has 1 aliphatic carbocycles. The normalized spacial score (nSPS) is 18.0. The Balaban J connectivity index is 2.25. The summed E-state index contributed by atoms with van der Waals surface area (Å²) < 4.78 is 0.937. The first kappa shape index (κ1) is 12.0. The molecule has 3 heteroatoms. The Morgan fingerprint density at radius 1 is 1.19 bits per heavy atom. The number of rotatable bonds is 2. The van der Waals surface area contributed by atoms with E-state index in [1.807, 2.05) is 0 Å². The first-order chi connectivity index (χ1) is 7.66. The molecule has 0 amide bonds. The first-order valence-corrected chi connectivity index (χ1v) is 7.00. The second kappa shape index (κ2) is 5.26. The third kappa shape index (κ3) is 2.82. The highest BCUT2D eigenvalue weighted by Gasteiger charge is 2.18. The van der Waals surface area contributed by atoms with E-state index in [0.29, 0.717) is 11.8 Å². The Kier molecular flexibility index (Phi) is 3.95. The maximum absolute atomic E-state index is 4.72. The molecule has 0 radical (unpaired) electrons. The van der Waals surface area contributed by atoms with Gasteiger partial charge in [0.05, 0.1) is 0 Å². The van der Waals surface area contributed by atoms with Crippen LogP contribution in [0.5, 0.6) is 0 Å². The molecule has 88 valence electrons. The van der Waals surface area contributed by atoms with Crippen LogP contribution in [0.1, 0.15) is 69.3 Å². The molecule has 0 bridgehead atoms. The predicted octanol–water partition coefficient (Wildman–Crippen LogP) is 4.41. The van der Waals surface area contributed by atoms with Crippen LogP contribution in [0.25, 0.3) is 0 Å². The summed E-state index contributed by atoms with van der Waals surface area (Å²) in [5.74, 6) is 2.03. The zero-order valence-corrected chi connectivity index (χ0v) is 11.6. The van der Waals surface area contributed by atoms with E-state index >= 15 is 0 Å².